The van der Waals surface area contributed by atoms with Crippen molar-refractivity contribution in [1.29, 1.82) is 0 Å². The highest BCUT2D eigenvalue weighted by Crippen LogP contribution is 2.11. The highest BCUT2D eigenvalue weighted by Gasteiger charge is 2.26. The number of rotatable bonds is 5. The summed E-state index contributed by atoms with van der Waals surface area (Å²) >= 11 is 0. The Morgan fingerprint density at radius 1 is 1.33 bits per heavy atom. The van der Waals surface area contributed by atoms with E-state index in [0.29, 0.717) is 19.7 Å². The van der Waals surface area contributed by atoms with Gasteiger partial charge in [-0.1, -0.05) is 0 Å². The van der Waals surface area contributed by atoms with Gasteiger partial charge in [0, 0.05) is 32.5 Å². The summed E-state index contributed by atoms with van der Waals surface area (Å²) in [5.74, 6) is -0.486. The summed E-state index contributed by atoms with van der Waals surface area (Å²) in [5, 5.41) is 2.79. The molecule has 2 amide bonds. The monoisotopic (exact) mass is 256 g/mol. The van der Waals surface area contributed by atoms with Gasteiger partial charge in [0.2, 0.25) is 11.8 Å². The van der Waals surface area contributed by atoms with E-state index < -0.39 is 0 Å². The lowest BCUT2D eigenvalue weighted by Crippen LogP contribution is -2.37. The second-order valence-electron chi connectivity index (χ2n) is 4.33. The number of hydrogen-bond donors (Lipinski definition) is 1. The molecule has 0 spiro atoms. The Hall–Kier alpha value is -1.59. The molecule has 0 aliphatic carbocycles. The first kappa shape index (κ1) is 14.5. The van der Waals surface area contributed by atoms with E-state index in [-0.39, 0.29) is 36.7 Å². The van der Waals surface area contributed by atoms with Gasteiger partial charge in [0.15, 0.2) is 0 Å². The molecule has 0 bridgehead atoms. The van der Waals surface area contributed by atoms with Crippen LogP contribution in [0.5, 0.6) is 0 Å². The van der Waals surface area contributed by atoms with Crippen molar-refractivity contribution in [1.82, 2.24) is 10.2 Å². The van der Waals surface area contributed by atoms with Crippen LogP contribution in [0.4, 0.5) is 0 Å². The molecule has 1 unspecified atom stereocenters. The van der Waals surface area contributed by atoms with Crippen molar-refractivity contribution in [3.05, 3.63) is 0 Å². The Kier molecular flexibility index (Phi) is 5.61. The Labute approximate surface area is 107 Å². The van der Waals surface area contributed by atoms with E-state index in [1.807, 2.05) is 0 Å². The summed E-state index contributed by atoms with van der Waals surface area (Å²) in [6.45, 7) is 4.69. The van der Waals surface area contributed by atoms with Gasteiger partial charge >= 0.3 is 5.97 Å². The first-order chi connectivity index (χ1) is 8.52. The first-order valence-electron chi connectivity index (χ1n) is 6.23. The Morgan fingerprint density at radius 3 is 2.67 bits per heavy atom. The van der Waals surface area contributed by atoms with E-state index in [1.165, 1.54) is 6.92 Å². The van der Waals surface area contributed by atoms with Crippen LogP contribution in [0.25, 0.3) is 0 Å². The summed E-state index contributed by atoms with van der Waals surface area (Å²) in [6, 6.07) is 0.0362. The van der Waals surface area contributed by atoms with Crippen molar-refractivity contribution in [2.75, 3.05) is 19.7 Å². The molecule has 1 aliphatic heterocycles. The fourth-order valence-electron chi connectivity index (χ4n) is 1.99. The van der Waals surface area contributed by atoms with E-state index in [9.17, 15) is 14.4 Å². The lowest BCUT2D eigenvalue weighted by Gasteiger charge is -2.16. The number of carbonyl (C=O) groups excluding carboxylic acids is 3. The lowest BCUT2D eigenvalue weighted by atomic mass is 10.2. The zero-order chi connectivity index (χ0) is 13.5. The largest absolute Gasteiger partial charge is 0.466 e. The summed E-state index contributed by atoms with van der Waals surface area (Å²) in [4.78, 5) is 35.5. The van der Waals surface area contributed by atoms with Crippen LogP contribution < -0.4 is 5.32 Å². The summed E-state index contributed by atoms with van der Waals surface area (Å²) in [5.41, 5.74) is 0. The zero-order valence-corrected chi connectivity index (χ0v) is 10.9. The SMILES string of the molecule is CCOC(=O)CCC(=O)N1CCC(NC(C)=O)C1. The number of nitrogens with one attached hydrogen (secondary N) is 1. The predicted molar refractivity (Wildman–Crippen MR) is 64.7 cm³/mol. The van der Waals surface area contributed by atoms with Gasteiger partial charge in [-0.15, -0.1) is 0 Å². The van der Waals surface area contributed by atoms with Crippen molar-refractivity contribution in [3.8, 4) is 0 Å². The minimum atomic E-state index is -0.344. The third-order valence-electron chi connectivity index (χ3n) is 2.80. The van der Waals surface area contributed by atoms with Gasteiger partial charge in [-0.05, 0) is 13.3 Å². The molecule has 0 radical (unpaired) electrons. The Balaban J connectivity index is 2.27. The van der Waals surface area contributed by atoms with Crippen LogP contribution in [0.3, 0.4) is 0 Å². The molecule has 1 heterocycles. The van der Waals surface area contributed by atoms with Crippen molar-refractivity contribution in [2.45, 2.75) is 39.2 Å². The molecule has 102 valence electrons. The van der Waals surface area contributed by atoms with E-state index in [0.717, 1.165) is 6.42 Å². The second kappa shape index (κ2) is 6.98. The van der Waals surface area contributed by atoms with Crippen molar-refractivity contribution >= 4 is 17.8 Å². The van der Waals surface area contributed by atoms with E-state index >= 15 is 0 Å². The smallest absolute Gasteiger partial charge is 0.306 e. The van der Waals surface area contributed by atoms with Crippen molar-refractivity contribution in [3.63, 3.8) is 0 Å². The molecule has 6 heteroatoms. The number of carbonyl (C=O) groups is 3. The van der Waals surface area contributed by atoms with Crippen LogP contribution in [0, 0.1) is 0 Å². The molecular weight excluding hydrogens is 236 g/mol. The minimum Gasteiger partial charge on any atom is -0.466 e. The standard InChI is InChI=1S/C12H20N2O4/c1-3-18-12(17)5-4-11(16)14-7-6-10(8-14)13-9(2)15/h10H,3-8H2,1-2H3,(H,13,15). The molecule has 18 heavy (non-hydrogen) atoms. The third-order valence-corrected chi connectivity index (χ3v) is 2.80. The van der Waals surface area contributed by atoms with Gasteiger partial charge in [0.25, 0.3) is 0 Å². The van der Waals surface area contributed by atoms with Gasteiger partial charge in [-0.3, -0.25) is 14.4 Å². The maximum Gasteiger partial charge on any atom is 0.306 e. The topological polar surface area (TPSA) is 75.7 Å². The molecule has 1 atom stereocenters. The van der Waals surface area contributed by atoms with Gasteiger partial charge in [-0.25, -0.2) is 0 Å². The fraction of sp³-hybridized carbons (Fsp3) is 0.750. The van der Waals surface area contributed by atoms with Gasteiger partial charge in [0.05, 0.1) is 13.0 Å². The molecule has 0 aromatic rings. The Bertz CT molecular complexity index is 330. The second-order valence-corrected chi connectivity index (χ2v) is 4.33. The van der Waals surface area contributed by atoms with Crippen LogP contribution in [0.1, 0.15) is 33.1 Å². The van der Waals surface area contributed by atoms with E-state index in [4.69, 9.17) is 4.74 Å². The number of hydrogen-bond acceptors (Lipinski definition) is 4. The van der Waals surface area contributed by atoms with Crippen LogP contribution in [-0.4, -0.2) is 48.4 Å². The lowest BCUT2D eigenvalue weighted by molar-refractivity contribution is -0.145. The molecule has 1 N–H and O–H groups in total. The molecule has 1 fully saturated rings. The van der Waals surface area contributed by atoms with Crippen LogP contribution in [0.2, 0.25) is 0 Å². The molecule has 6 nitrogen and oxygen atoms in total. The van der Waals surface area contributed by atoms with Gasteiger partial charge < -0.3 is 15.0 Å². The molecule has 0 aromatic carbocycles. The molecule has 1 saturated heterocycles. The number of ether oxygens (including phenoxy) is 1. The number of amides is 2. The third kappa shape index (κ3) is 4.73. The summed E-state index contributed by atoms with van der Waals surface area (Å²) < 4.78 is 4.76. The van der Waals surface area contributed by atoms with Crippen LogP contribution in [-0.2, 0) is 19.1 Å². The van der Waals surface area contributed by atoms with Crippen LogP contribution in [0.15, 0.2) is 0 Å². The minimum absolute atomic E-state index is 0.0362. The normalized spacial score (nSPS) is 18.6. The number of nitrogens with zero attached hydrogens (tertiary/aromatic N) is 1. The number of esters is 1. The fourth-order valence-corrected chi connectivity index (χ4v) is 1.99. The number of likely N-dealkylation sites (tertiary alicyclic amines) is 1. The van der Waals surface area contributed by atoms with Crippen molar-refractivity contribution < 1.29 is 19.1 Å². The van der Waals surface area contributed by atoms with Crippen molar-refractivity contribution in [2.24, 2.45) is 0 Å². The van der Waals surface area contributed by atoms with Gasteiger partial charge in [-0.2, -0.15) is 0 Å². The quantitative estimate of drug-likeness (QED) is 0.706. The zero-order valence-electron chi connectivity index (χ0n) is 10.9. The van der Waals surface area contributed by atoms with E-state index in [1.54, 1.807) is 11.8 Å². The van der Waals surface area contributed by atoms with Crippen LogP contribution >= 0.6 is 0 Å². The highest BCUT2D eigenvalue weighted by atomic mass is 16.5. The maximum atomic E-state index is 11.8. The molecule has 1 rings (SSSR count). The predicted octanol–water partition coefficient (Wildman–Crippen LogP) is 0.0667. The van der Waals surface area contributed by atoms with Gasteiger partial charge in [0.1, 0.15) is 0 Å². The molecular formula is C12H20N2O4. The summed E-state index contributed by atoms with van der Waals surface area (Å²) in [6.07, 6.45) is 1.06. The maximum absolute atomic E-state index is 11.8. The molecule has 0 saturated carbocycles. The summed E-state index contributed by atoms with van der Waals surface area (Å²) in [7, 11) is 0. The average Bonchev–Trinajstić information content (AvgIpc) is 2.74. The molecule has 0 aromatic heterocycles. The molecule has 1 aliphatic rings. The highest BCUT2D eigenvalue weighted by molar-refractivity contribution is 5.81. The first-order valence-corrected chi connectivity index (χ1v) is 6.23. The Morgan fingerprint density at radius 2 is 2.06 bits per heavy atom. The van der Waals surface area contributed by atoms with E-state index in [2.05, 4.69) is 5.32 Å². The average molecular weight is 256 g/mol.